The minimum Gasteiger partial charge on any atom is -0.457 e. The quantitative estimate of drug-likeness (QED) is 0.152. The van der Waals surface area contributed by atoms with Crippen molar-refractivity contribution in [3.8, 4) is 67.5 Å². The molecule has 362 valence electrons. The predicted molar refractivity (Wildman–Crippen MR) is 303 cm³/mol. The minimum atomic E-state index is -0.158. The Labute approximate surface area is 427 Å². The Bertz CT molecular complexity index is 3640. The number of hydrogen-bond acceptors (Lipinski definition) is 3. The largest absolute Gasteiger partial charge is 0.457 e. The zero-order valence-corrected chi connectivity index (χ0v) is 44.4. The number of pyridine rings is 1. The Balaban J connectivity index is 1.12. The Morgan fingerprint density at radius 3 is 1.71 bits per heavy atom. The van der Waals surface area contributed by atoms with Crippen LogP contribution in [-0.4, -0.2) is 19.3 Å². The van der Waals surface area contributed by atoms with E-state index < -0.39 is 0 Å². The summed E-state index contributed by atoms with van der Waals surface area (Å²) in [7, 11) is 0. The van der Waals surface area contributed by atoms with Gasteiger partial charge in [0.2, 0.25) is 0 Å². The molecule has 0 saturated heterocycles. The van der Waals surface area contributed by atoms with Crippen LogP contribution >= 0.6 is 0 Å². The Kier molecular flexibility index (Phi) is 12.0. The maximum absolute atomic E-state index is 7.09. The number of aromatic nitrogens is 4. The van der Waals surface area contributed by atoms with E-state index in [4.69, 9.17) is 14.8 Å². The van der Waals surface area contributed by atoms with Crippen molar-refractivity contribution in [2.45, 2.75) is 112 Å². The lowest BCUT2D eigenvalue weighted by Gasteiger charge is -2.25. The first kappa shape index (κ1) is 48.1. The molecule has 7 aromatic carbocycles. The van der Waals surface area contributed by atoms with E-state index in [1.165, 1.54) is 44.3 Å². The van der Waals surface area contributed by atoms with Gasteiger partial charge in [-0.3, -0.25) is 4.57 Å². The maximum Gasteiger partial charge on any atom is 0.137 e. The smallest absolute Gasteiger partial charge is 0.137 e. The van der Waals surface area contributed by atoms with Crippen LogP contribution in [0.1, 0.15) is 111 Å². The average Bonchev–Trinajstić information content (AvgIpc) is 3.96. The summed E-state index contributed by atoms with van der Waals surface area (Å²) in [6.45, 7) is 29.5. The summed E-state index contributed by atoms with van der Waals surface area (Å²) in [4.78, 5) is 5.31. The van der Waals surface area contributed by atoms with E-state index in [9.17, 15) is 0 Å². The van der Waals surface area contributed by atoms with E-state index in [0.29, 0.717) is 5.75 Å². The van der Waals surface area contributed by atoms with Crippen LogP contribution in [0.3, 0.4) is 0 Å². The topological polar surface area (TPSA) is 44.9 Å². The number of hydrogen-bond donors (Lipinski definition) is 0. The number of nitrogens with zero attached hydrogens (tertiary/aromatic N) is 4. The fourth-order valence-electron chi connectivity index (χ4n) is 10.1. The van der Waals surface area contributed by atoms with Crippen molar-refractivity contribution in [1.29, 1.82) is 0 Å². The van der Waals surface area contributed by atoms with Gasteiger partial charge in [0.05, 0.1) is 22.9 Å². The lowest BCUT2D eigenvalue weighted by Crippen LogP contribution is -2.15. The zero-order chi connectivity index (χ0) is 50.9. The minimum absolute atomic E-state index is 0.0274. The maximum atomic E-state index is 7.09. The molecule has 0 radical (unpaired) electrons. The van der Waals surface area contributed by atoms with Crippen molar-refractivity contribution >= 4 is 21.8 Å². The molecule has 0 bridgehead atoms. The molecular formula is C67H68N4O. The van der Waals surface area contributed by atoms with Crippen molar-refractivity contribution in [2.24, 2.45) is 0 Å². The van der Waals surface area contributed by atoms with Crippen molar-refractivity contribution in [2.75, 3.05) is 0 Å². The van der Waals surface area contributed by atoms with Crippen molar-refractivity contribution < 1.29 is 4.74 Å². The molecule has 0 aliphatic rings. The van der Waals surface area contributed by atoms with E-state index in [2.05, 4.69) is 265 Å². The van der Waals surface area contributed by atoms with E-state index >= 15 is 0 Å². The van der Waals surface area contributed by atoms with Crippen molar-refractivity contribution in [1.82, 2.24) is 19.3 Å². The summed E-state index contributed by atoms with van der Waals surface area (Å²) >= 11 is 0. The van der Waals surface area contributed by atoms with Crippen molar-refractivity contribution in [3.63, 3.8) is 0 Å². The standard InChI is InChI=1S/C67H68N4O/c1-43-33-49(65(5,6)7)27-30-54(43)47-40-69-70(42-47)51-34-46(56-22-18-17-21-55(56)44-19-15-14-16-20-44)35-53(37-51)72-52-29-31-57-58-36-50(66(8,9)10)28-32-61(58)71(62(57)38-52)63-39-60(67(11,12)13)59(41-68-63)45-23-25-48(26-24-45)64(2,3)4/h14-42H,1-13H3. The molecule has 5 heteroatoms. The first-order valence-electron chi connectivity index (χ1n) is 25.4. The average molecular weight is 945 g/mol. The Hall–Kier alpha value is -7.50. The van der Waals surface area contributed by atoms with Crippen molar-refractivity contribution in [3.05, 3.63) is 204 Å². The van der Waals surface area contributed by atoms with Gasteiger partial charge in [-0.25, -0.2) is 9.67 Å². The second kappa shape index (κ2) is 18.0. The Morgan fingerprint density at radius 1 is 0.417 bits per heavy atom. The van der Waals surface area contributed by atoms with Crippen LogP contribution in [-0.2, 0) is 21.7 Å². The Morgan fingerprint density at radius 2 is 1.04 bits per heavy atom. The first-order valence-corrected chi connectivity index (χ1v) is 25.4. The lowest BCUT2D eigenvalue weighted by atomic mass is 9.81. The van der Waals surface area contributed by atoms with Crippen LogP contribution in [0.25, 0.3) is 77.8 Å². The third-order valence-corrected chi connectivity index (χ3v) is 14.3. The highest BCUT2D eigenvalue weighted by Gasteiger charge is 2.25. The molecule has 0 unspecified atom stereocenters. The van der Waals surface area contributed by atoms with E-state index in [1.807, 2.05) is 10.9 Å². The van der Waals surface area contributed by atoms with Gasteiger partial charge in [-0.2, -0.15) is 5.10 Å². The van der Waals surface area contributed by atoms with Gasteiger partial charge in [-0.05, 0) is 132 Å². The molecule has 72 heavy (non-hydrogen) atoms. The lowest BCUT2D eigenvalue weighted by molar-refractivity contribution is 0.483. The fourth-order valence-corrected chi connectivity index (χ4v) is 10.1. The second-order valence-corrected chi connectivity index (χ2v) is 23.8. The fraction of sp³-hybridized carbons (Fsp3) is 0.254. The number of rotatable bonds is 8. The van der Waals surface area contributed by atoms with Gasteiger partial charge >= 0.3 is 0 Å². The molecule has 10 rings (SSSR count). The summed E-state index contributed by atoms with van der Waals surface area (Å²) in [5.41, 5.74) is 18.3. The SMILES string of the molecule is Cc1cc(C(C)(C)C)ccc1-c1cnn(-c2cc(Oc3ccc4c5cc(C(C)(C)C)ccc5n(-c5cc(C(C)(C)C)c(-c6ccc(C(C)(C)C)cc6)cn5)c4c3)cc(-c3ccccc3-c3ccccc3)c2)c1. The highest BCUT2D eigenvalue weighted by atomic mass is 16.5. The summed E-state index contributed by atoms with van der Waals surface area (Å²) in [6, 6.07) is 57.2. The summed E-state index contributed by atoms with van der Waals surface area (Å²) in [6.07, 6.45) is 6.18. The predicted octanol–water partition coefficient (Wildman–Crippen LogP) is 18.3. The zero-order valence-electron chi connectivity index (χ0n) is 44.4. The molecule has 10 aromatic rings. The number of ether oxygens (including phenoxy) is 1. The van der Waals surface area contributed by atoms with Gasteiger partial charge in [0.25, 0.3) is 0 Å². The molecule has 0 aliphatic carbocycles. The summed E-state index contributed by atoms with van der Waals surface area (Å²) in [5.74, 6) is 2.31. The monoisotopic (exact) mass is 945 g/mol. The van der Waals surface area contributed by atoms with Crippen LogP contribution in [0.5, 0.6) is 11.5 Å². The van der Waals surface area contributed by atoms with Gasteiger partial charge in [0.15, 0.2) is 0 Å². The molecule has 0 spiro atoms. The van der Waals surface area contributed by atoms with Crippen LogP contribution in [0.2, 0.25) is 0 Å². The third kappa shape index (κ3) is 9.41. The normalized spacial score (nSPS) is 12.5. The molecule has 5 nitrogen and oxygen atoms in total. The van der Waals surface area contributed by atoms with Gasteiger partial charge in [-0.1, -0.05) is 186 Å². The molecule has 0 atom stereocenters. The van der Waals surface area contributed by atoms with Crippen LogP contribution in [0.15, 0.2) is 176 Å². The van der Waals surface area contributed by atoms with Gasteiger partial charge in [0.1, 0.15) is 17.3 Å². The second-order valence-electron chi connectivity index (χ2n) is 23.8. The van der Waals surface area contributed by atoms with E-state index in [1.54, 1.807) is 0 Å². The van der Waals surface area contributed by atoms with E-state index in [-0.39, 0.29) is 21.7 Å². The number of fused-ring (bicyclic) bond motifs is 3. The highest BCUT2D eigenvalue weighted by Crippen LogP contribution is 2.42. The molecule has 0 saturated carbocycles. The highest BCUT2D eigenvalue weighted by molar-refractivity contribution is 6.10. The first-order chi connectivity index (χ1) is 34.1. The van der Waals surface area contributed by atoms with Gasteiger partial charge in [-0.15, -0.1) is 0 Å². The van der Waals surface area contributed by atoms with Gasteiger partial charge in [0, 0.05) is 46.4 Å². The molecule has 0 fully saturated rings. The summed E-state index contributed by atoms with van der Waals surface area (Å²) < 4.78 is 11.4. The molecule has 0 N–H and O–H groups in total. The number of aryl methyl sites for hydroxylation is 1. The van der Waals surface area contributed by atoms with Crippen LogP contribution in [0, 0.1) is 6.92 Å². The molecule has 3 heterocycles. The van der Waals surface area contributed by atoms with E-state index in [0.717, 1.165) is 67.1 Å². The molecule has 0 amide bonds. The summed E-state index contributed by atoms with van der Waals surface area (Å²) in [5, 5.41) is 7.32. The van der Waals surface area contributed by atoms with Crippen LogP contribution < -0.4 is 4.74 Å². The number of benzene rings is 7. The third-order valence-electron chi connectivity index (χ3n) is 14.3. The molecule has 0 aliphatic heterocycles. The van der Waals surface area contributed by atoms with Crippen LogP contribution in [0.4, 0.5) is 0 Å². The molecular weight excluding hydrogens is 877 g/mol. The van der Waals surface area contributed by atoms with Gasteiger partial charge < -0.3 is 4.74 Å². The molecule has 3 aromatic heterocycles.